The predicted octanol–water partition coefficient (Wildman–Crippen LogP) is 2.03. The molecule has 0 unspecified atom stereocenters. The molecule has 0 fully saturated rings. The minimum Gasteiger partial charge on any atom is -0.384 e. The molecular weight excluding hydrogens is 284 g/mol. The molecule has 5 heteroatoms. The highest BCUT2D eigenvalue weighted by Crippen LogP contribution is 2.13. The van der Waals surface area contributed by atoms with E-state index < -0.39 is 0 Å². The van der Waals surface area contributed by atoms with Gasteiger partial charge in [0.1, 0.15) is 6.61 Å². The smallest absolute Gasteiger partial charge is 0.251 e. The van der Waals surface area contributed by atoms with Gasteiger partial charge in [0.25, 0.3) is 5.91 Å². The van der Waals surface area contributed by atoms with Crippen LogP contribution >= 0.6 is 11.3 Å². The first-order valence-corrected chi connectivity index (χ1v) is 7.37. The average Bonchev–Trinajstić information content (AvgIpc) is 2.89. The van der Waals surface area contributed by atoms with Gasteiger partial charge in [-0.2, -0.15) is 0 Å². The molecule has 2 rings (SSSR count). The van der Waals surface area contributed by atoms with Crippen molar-refractivity contribution >= 4 is 17.2 Å². The van der Waals surface area contributed by atoms with Crippen LogP contribution in [0.1, 0.15) is 32.1 Å². The Morgan fingerprint density at radius 1 is 1.43 bits per heavy atom. The fourth-order valence-corrected chi connectivity index (χ4v) is 2.51. The summed E-state index contributed by atoms with van der Waals surface area (Å²) in [6.45, 7) is 4.12. The van der Waals surface area contributed by atoms with Crippen LogP contribution in [-0.2, 0) is 6.54 Å². The molecular formula is C16H16N2O2S. The van der Waals surface area contributed by atoms with E-state index in [2.05, 4.69) is 22.1 Å². The first-order valence-electron chi connectivity index (χ1n) is 6.49. The average molecular weight is 300 g/mol. The molecule has 2 aromatic rings. The van der Waals surface area contributed by atoms with Crippen molar-refractivity contribution in [3.8, 4) is 11.8 Å². The maximum absolute atomic E-state index is 12.2. The number of thiazole rings is 1. The first-order chi connectivity index (χ1) is 10.1. The Bertz CT molecular complexity index is 711. The number of rotatable bonds is 3. The summed E-state index contributed by atoms with van der Waals surface area (Å²) in [5.74, 6) is 5.31. The van der Waals surface area contributed by atoms with Crippen LogP contribution in [0.25, 0.3) is 0 Å². The second-order valence-corrected chi connectivity index (χ2v) is 5.47. The molecule has 0 saturated heterocycles. The van der Waals surface area contributed by atoms with Gasteiger partial charge in [-0.15, -0.1) is 11.3 Å². The van der Waals surface area contributed by atoms with Crippen molar-refractivity contribution in [1.29, 1.82) is 0 Å². The highest BCUT2D eigenvalue weighted by atomic mass is 32.1. The summed E-state index contributed by atoms with van der Waals surface area (Å²) in [6, 6.07) is 5.37. The van der Waals surface area contributed by atoms with Gasteiger partial charge in [-0.3, -0.25) is 4.79 Å². The lowest BCUT2D eigenvalue weighted by Crippen LogP contribution is -2.22. The van der Waals surface area contributed by atoms with Gasteiger partial charge in [0.15, 0.2) is 0 Å². The number of carbonyl (C=O) groups is 1. The van der Waals surface area contributed by atoms with Crippen LogP contribution in [0.15, 0.2) is 23.7 Å². The number of aliphatic hydroxyl groups is 1. The SMILES string of the molecule is Cc1ccc(C(=O)NCc2scnc2C)cc1C#CCO. The number of amides is 1. The van der Waals surface area contributed by atoms with Crippen molar-refractivity contribution < 1.29 is 9.90 Å². The van der Waals surface area contributed by atoms with Crippen LogP contribution in [0.2, 0.25) is 0 Å². The molecule has 0 saturated carbocycles. The Kier molecular flexibility index (Phi) is 5.09. The number of aryl methyl sites for hydroxylation is 2. The number of aliphatic hydroxyl groups excluding tert-OH is 1. The van der Waals surface area contributed by atoms with Crippen LogP contribution in [0, 0.1) is 25.7 Å². The van der Waals surface area contributed by atoms with Gasteiger partial charge < -0.3 is 10.4 Å². The highest BCUT2D eigenvalue weighted by Gasteiger charge is 2.09. The van der Waals surface area contributed by atoms with Crippen LogP contribution in [0.4, 0.5) is 0 Å². The highest BCUT2D eigenvalue weighted by molar-refractivity contribution is 7.09. The Hall–Kier alpha value is -2.16. The zero-order chi connectivity index (χ0) is 15.2. The summed E-state index contributed by atoms with van der Waals surface area (Å²) in [5.41, 5.74) is 5.01. The largest absolute Gasteiger partial charge is 0.384 e. The zero-order valence-corrected chi connectivity index (χ0v) is 12.8. The molecule has 1 aromatic carbocycles. The number of hydrogen-bond acceptors (Lipinski definition) is 4. The second kappa shape index (κ2) is 7.02. The summed E-state index contributed by atoms with van der Waals surface area (Å²) in [6.07, 6.45) is 0. The first kappa shape index (κ1) is 15.2. The van der Waals surface area contributed by atoms with Gasteiger partial charge in [0.05, 0.1) is 17.7 Å². The molecule has 1 amide bonds. The zero-order valence-electron chi connectivity index (χ0n) is 11.9. The number of nitrogens with zero attached hydrogens (tertiary/aromatic N) is 1. The fraction of sp³-hybridized carbons (Fsp3) is 0.250. The summed E-state index contributed by atoms with van der Waals surface area (Å²) in [5, 5.41) is 11.6. The van der Waals surface area contributed by atoms with Crippen LogP contribution in [0.5, 0.6) is 0 Å². The van der Waals surface area contributed by atoms with E-state index in [4.69, 9.17) is 5.11 Å². The van der Waals surface area contributed by atoms with Gasteiger partial charge in [-0.1, -0.05) is 17.9 Å². The van der Waals surface area contributed by atoms with Crippen molar-refractivity contribution in [2.45, 2.75) is 20.4 Å². The van der Waals surface area contributed by atoms with E-state index in [1.807, 2.05) is 19.9 Å². The van der Waals surface area contributed by atoms with Gasteiger partial charge in [-0.25, -0.2) is 4.98 Å². The van der Waals surface area contributed by atoms with E-state index in [-0.39, 0.29) is 12.5 Å². The lowest BCUT2D eigenvalue weighted by molar-refractivity contribution is 0.0951. The normalized spacial score (nSPS) is 9.86. The minimum atomic E-state index is -0.194. The van der Waals surface area contributed by atoms with E-state index >= 15 is 0 Å². The van der Waals surface area contributed by atoms with Gasteiger partial charge in [-0.05, 0) is 31.5 Å². The standard InChI is InChI=1S/C16H16N2O2S/c1-11-5-6-14(8-13(11)4-3-7-19)16(20)17-9-15-12(2)18-10-21-15/h5-6,8,10,19H,7,9H2,1-2H3,(H,17,20). The van der Waals surface area contributed by atoms with Crippen LogP contribution < -0.4 is 5.32 Å². The Labute approximate surface area is 127 Å². The third kappa shape index (κ3) is 3.91. The molecule has 0 aliphatic carbocycles. The summed E-state index contributed by atoms with van der Waals surface area (Å²) >= 11 is 1.53. The van der Waals surface area contributed by atoms with Gasteiger partial charge >= 0.3 is 0 Å². The lowest BCUT2D eigenvalue weighted by atomic mass is 10.0. The summed E-state index contributed by atoms with van der Waals surface area (Å²) in [7, 11) is 0. The molecule has 1 aromatic heterocycles. The van der Waals surface area contributed by atoms with E-state index in [0.29, 0.717) is 12.1 Å². The molecule has 108 valence electrons. The molecule has 21 heavy (non-hydrogen) atoms. The maximum Gasteiger partial charge on any atom is 0.251 e. The van der Waals surface area contributed by atoms with Gasteiger partial charge in [0.2, 0.25) is 0 Å². The number of carbonyl (C=O) groups excluding carboxylic acids is 1. The minimum absolute atomic E-state index is 0.144. The molecule has 0 spiro atoms. The molecule has 0 aliphatic heterocycles. The van der Waals surface area contributed by atoms with E-state index in [1.54, 1.807) is 17.6 Å². The second-order valence-electron chi connectivity index (χ2n) is 4.53. The van der Waals surface area contributed by atoms with Crippen molar-refractivity contribution in [3.63, 3.8) is 0 Å². The maximum atomic E-state index is 12.2. The van der Waals surface area contributed by atoms with E-state index in [0.717, 1.165) is 21.7 Å². The topological polar surface area (TPSA) is 62.2 Å². The summed E-state index contributed by atoms with van der Waals surface area (Å²) < 4.78 is 0. The molecule has 0 radical (unpaired) electrons. The van der Waals surface area contributed by atoms with Crippen LogP contribution in [0.3, 0.4) is 0 Å². The third-order valence-corrected chi connectivity index (χ3v) is 3.99. The fourth-order valence-electron chi connectivity index (χ4n) is 1.79. The number of benzene rings is 1. The van der Waals surface area contributed by atoms with Crippen molar-refractivity contribution in [3.05, 3.63) is 51.0 Å². The lowest BCUT2D eigenvalue weighted by Gasteiger charge is -2.06. The van der Waals surface area contributed by atoms with Crippen molar-refractivity contribution in [2.24, 2.45) is 0 Å². The Morgan fingerprint density at radius 2 is 2.24 bits per heavy atom. The molecule has 1 heterocycles. The predicted molar refractivity (Wildman–Crippen MR) is 83.2 cm³/mol. The van der Waals surface area contributed by atoms with E-state index in [1.165, 1.54) is 11.3 Å². The molecule has 0 bridgehead atoms. The van der Waals surface area contributed by atoms with Gasteiger partial charge in [0, 0.05) is 16.0 Å². The van der Waals surface area contributed by atoms with Crippen molar-refractivity contribution in [2.75, 3.05) is 6.61 Å². The third-order valence-electron chi connectivity index (χ3n) is 3.06. The van der Waals surface area contributed by atoms with Crippen molar-refractivity contribution in [1.82, 2.24) is 10.3 Å². The molecule has 0 aliphatic rings. The Morgan fingerprint density at radius 3 is 2.90 bits per heavy atom. The van der Waals surface area contributed by atoms with Crippen LogP contribution in [-0.4, -0.2) is 22.6 Å². The molecule has 4 nitrogen and oxygen atoms in total. The summed E-state index contributed by atoms with van der Waals surface area (Å²) in [4.78, 5) is 17.4. The van der Waals surface area contributed by atoms with E-state index in [9.17, 15) is 4.79 Å². The number of hydrogen-bond donors (Lipinski definition) is 2. The Balaban J connectivity index is 2.10. The number of aromatic nitrogens is 1. The monoisotopic (exact) mass is 300 g/mol. The number of nitrogens with one attached hydrogen (secondary N) is 1. The molecule has 0 atom stereocenters. The molecule has 2 N–H and O–H groups in total. The quantitative estimate of drug-likeness (QED) is 0.853.